The van der Waals surface area contributed by atoms with E-state index in [0.717, 1.165) is 0 Å². The van der Waals surface area contributed by atoms with E-state index < -0.39 is 17.4 Å². The molecule has 18 heavy (non-hydrogen) atoms. The van der Waals surface area contributed by atoms with Gasteiger partial charge >= 0.3 is 0 Å². The van der Waals surface area contributed by atoms with Gasteiger partial charge in [0.05, 0.1) is 0 Å². The molecule has 2 aromatic rings. The minimum atomic E-state index is -2.02. The van der Waals surface area contributed by atoms with Crippen molar-refractivity contribution in [2.45, 2.75) is 19.6 Å². The van der Waals surface area contributed by atoms with E-state index in [-0.39, 0.29) is 0 Å². The van der Waals surface area contributed by atoms with E-state index in [1.165, 1.54) is 10.4 Å². The number of hydrogen-bond donors (Lipinski definition) is 0. The average Bonchev–Trinajstić information content (AvgIpc) is 2.40. The third kappa shape index (κ3) is 2.80. The minimum absolute atomic E-state index is 0.724. The summed E-state index contributed by atoms with van der Waals surface area (Å²) in [5.74, 6) is 0. The van der Waals surface area contributed by atoms with Crippen molar-refractivity contribution in [3.8, 4) is 0 Å². The summed E-state index contributed by atoms with van der Waals surface area (Å²) in [6.07, 6.45) is 0. The van der Waals surface area contributed by atoms with Crippen LogP contribution in [0.5, 0.6) is 0 Å². The molecular weight excluding hydrogens is 252 g/mol. The van der Waals surface area contributed by atoms with Gasteiger partial charge in [-0.3, -0.25) is 0 Å². The highest BCUT2D eigenvalue weighted by molar-refractivity contribution is 6.99. The molecule has 2 aromatic carbocycles. The molecule has 1 nitrogen and oxygen atoms in total. The van der Waals surface area contributed by atoms with Crippen LogP contribution in [-0.2, 0) is 4.12 Å². The normalized spacial score (nSPS) is 11.8. The Morgan fingerprint density at radius 3 is 1.50 bits per heavy atom. The lowest BCUT2D eigenvalue weighted by molar-refractivity contribution is 0.597. The van der Waals surface area contributed by atoms with Gasteiger partial charge in [0, 0.05) is 0 Å². The summed E-state index contributed by atoms with van der Waals surface area (Å²) in [7, 11) is -2.74. The minimum Gasteiger partial charge on any atom is -0.449 e. The van der Waals surface area contributed by atoms with E-state index in [1.54, 1.807) is 0 Å². The van der Waals surface area contributed by atoms with Gasteiger partial charge in [-0.1, -0.05) is 60.7 Å². The third-order valence-corrected chi connectivity index (χ3v) is 9.19. The lowest BCUT2D eigenvalue weighted by atomic mass is 10.4. The Labute approximate surface area is 112 Å². The van der Waals surface area contributed by atoms with Crippen LogP contribution >= 0.6 is 0 Å². The maximum Gasteiger partial charge on any atom is 0.241 e. The van der Waals surface area contributed by atoms with E-state index in [4.69, 9.17) is 4.12 Å². The van der Waals surface area contributed by atoms with Gasteiger partial charge in [0.25, 0.3) is 0 Å². The number of benzene rings is 2. The first-order valence-electron chi connectivity index (χ1n) is 6.23. The molecule has 0 spiro atoms. The smallest absolute Gasteiger partial charge is 0.241 e. The Morgan fingerprint density at radius 2 is 1.17 bits per heavy atom. The van der Waals surface area contributed by atoms with Crippen molar-refractivity contribution in [3.63, 3.8) is 0 Å². The van der Waals surface area contributed by atoms with Crippen LogP contribution in [-0.4, -0.2) is 17.4 Å². The molecule has 0 N–H and O–H groups in total. The van der Waals surface area contributed by atoms with E-state index >= 15 is 0 Å². The Balaban J connectivity index is 2.48. The van der Waals surface area contributed by atoms with Crippen LogP contribution in [0.3, 0.4) is 0 Å². The van der Waals surface area contributed by atoms with Crippen molar-refractivity contribution in [1.29, 1.82) is 0 Å². The van der Waals surface area contributed by atoms with Gasteiger partial charge in [-0.15, -0.1) is 0 Å². The highest BCUT2D eigenvalue weighted by Crippen LogP contribution is 2.09. The molecule has 0 aliphatic carbocycles. The molecule has 93 valence electrons. The van der Waals surface area contributed by atoms with E-state index in [9.17, 15) is 0 Å². The molecule has 0 aliphatic heterocycles. The zero-order valence-corrected chi connectivity index (χ0v) is 13.2. The van der Waals surface area contributed by atoms with Gasteiger partial charge in [0.2, 0.25) is 8.32 Å². The molecule has 0 aromatic heterocycles. The van der Waals surface area contributed by atoms with Crippen molar-refractivity contribution in [1.82, 2.24) is 0 Å². The molecule has 0 amide bonds. The fourth-order valence-electron chi connectivity index (χ4n) is 2.21. The summed E-state index contributed by atoms with van der Waals surface area (Å²) < 4.78 is 6.45. The van der Waals surface area contributed by atoms with Crippen molar-refractivity contribution in [3.05, 3.63) is 60.7 Å². The fraction of sp³-hybridized carbons (Fsp3) is 0.200. The second kappa shape index (κ2) is 5.65. The van der Waals surface area contributed by atoms with Gasteiger partial charge in [0.1, 0.15) is 0 Å². The first-order chi connectivity index (χ1) is 8.63. The van der Waals surface area contributed by atoms with Crippen LogP contribution in [0.15, 0.2) is 60.7 Å². The molecule has 1 radical (unpaired) electrons. The first kappa shape index (κ1) is 13.3. The summed E-state index contributed by atoms with van der Waals surface area (Å²) in [4.78, 5) is 0. The van der Waals surface area contributed by atoms with Crippen LogP contribution < -0.4 is 10.4 Å². The molecule has 0 fully saturated rings. The second-order valence-corrected chi connectivity index (χ2v) is 10.6. The van der Waals surface area contributed by atoms with Crippen molar-refractivity contribution in [2.24, 2.45) is 0 Å². The molecule has 3 heteroatoms. The van der Waals surface area contributed by atoms with Gasteiger partial charge in [-0.25, -0.2) is 0 Å². The molecule has 0 saturated carbocycles. The van der Waals surface area contributed by atoms with Crippen LogP contribution in [0.2, 0.25) is 19.6 Å². The molecule has 0 heterocycles. The summed E-state index contributed by atoms with van der Waals surface area (Å²) in [5.41, 5.74) is 0. The van der Waals surface area contributed by atoms with Crippen molar-refractivity contribution < 1.29 is 4.12 Å². The lowest BCUT2D eigenvalue weighted by Crippen LogP contribution is -2.60. The summed E-state index contributed by atoms with van der Waals surface area (Å²) in [6.45, 7) is 6.72. The molecule has 0 saturated heterocycles. The molecule has 0 bridgehead atoms. The zero-order chi connectivity index (χ0) is 13.0. The van der Waals surface area contributed by atoms with E-state index in [0.29, 0.717) is 0 Å². The lowest BCUT2D eigenvalue weighted by Gasteiger charge is -2.30. The third-order valence-electron chi connectivity index (χ3n) is 3.06. The second-order valence-electron chi connectivity index (χ2n) is 4.78. The Kier molecular flexibility index (Phi) is 4.16. The Bertz CT molecular complexity index is 443. The maximum absolute atomic E-state index is 6.45. The molecule has 0 unspecified atom stereocenters. The highest BCUT2D eigenvalue weighted by Gasteiger charge is 2.34. The largest absolute Gasteiger partial charge is 0.449 e. The zero-order valence-electron chi connectivity index (χ0n) is 11.2. The average molecular weight is 271 g/mol. The van der Waals surface area contributed by atoms with Crippen LogP contribution in [0.1, 0.15) is 0 Å². The van der Waals surface area contributed by atoms with E-state index in [1.807, 2.05) is 0 Å². The van der Waals surface area contributed by atoms with Crippen molar-refractivity contribution >= 4 is 27.7 Å². The SMILES string of the molecule is C[Si](C)O[Si](C)(c1ccccc1)c1ccccc1. The van der Waals surface area contributed by atoms with Crippen LogP contribution in [0, 0.1) is 0 Å². The summed E-state index contributed by atoms with van der Waals surface area (Å²) in [5, 5.41) is 2.70. The quantitative estimate of drug-likeness (QED) is 0.777. The Hall–Kier alpha value is -1.17. The van der Waals surface area contributed by atoms with Gasteiger partial charge in [-0.2, -0.15) is 0 Å². The first-order valence-corrected chi connectivity index (χ1v) is 11.0. The topological polar surface area (TPSA) is 9.23 Å². The molecular formula is C15H19OSi2. The highest BCUT2D eigenvalue weighted by atomic mass is 28.4. The van der Waals surface area contributed by atoms with Crippen molar-refractivity contribution in [2.75, 3.05) is 0 Å². The molecule has 0 atom stereocenters. The molecule has 2 rings (SSSR count). The van der Waals surface area contributed by atoms with Gasteiger partial charge < -0.3 is 4.12 Å². The number of hydrogen-bond acceptors (Lipinski definition) is 1. The van der Waals surface area contributed by atoms with Gasteiger partial charge in [-0.05, 0) is 30.0 Å². The monoisotopic (exact) mass is 271 g/mol. The maximum atomic E-state index is 6.45. The van der Waals surface area contributed by atoms with E-state index in [2.05, 4.69) is 80.3 Å². The molecule has 0 aliphatic rings. The summed E-state index contributed by atoms with van der Waals surface area (Å²) >= 11 is 0. The van der Waals surface area contributed by atoms with Crippen LogP contribution in [0.4, 0.5) is 0 Å². The van der Waals surface area contributed by atoms with Gasteiger partial charge in [0.15, 0.2) is 9.04 Å². The number of rotatable bonds is 4. The predicted molar refractivity (Wildman–Crippen MR) is 82.3 cm³/mol. The standard InChI is InChI=1S/C15H19OSi2/c1-17(2)16-18(3,14-10-6-4-7-11-14)15-12-8-5-9-13-15/h4-13H,1-3H3. The predicted octanol–water partition coefficient (Wildman–Crippen LogP) is 2.64. The summed E-state index contributed by atoms with van der Waals surface area (Å²) in [6, 6.07) is 21.3. The fourth-order valence-corrected chi connectivity index (χ4v) is 8.40. The Morgan fingerprint density at radius 1 is 0.778 bits per heavy atom. The van der Waals surface area contributed by atoms with Crippen LogP contribution in [0.25, 0.3) is 0 Å².